The van der Waals surface area contributed by atoms with E-state index in [9.17, 15) is 9.90 Å². The molecular formula is C26H34BNO6. The predicted molar refractivity (Wildman–Crippen MR) is 130 cm³/mol. The molecule has 3 rings (SSSR count). The lowest BCUT2D eigenvalue weighted by molar-refractivity contribution is 0.00578. The van der Waals surface area contributed by atoms with Gasteiger partial charge in [-0.25, -0.2) is 4.79 Å². The lowest BCUT2D eigenvalue weighted by Gasteiger charge is -2.32. The van der Waals surface area contributed by atoms with Crippen molar-refractivity contribution in [3.05, 3.63) is 77.4 Å². The Bertz CT molecular complexity index is 1020. The highest BCUT2D eigenvalue weighted by atomic mass is 16.7. The number of hydrogen-bond donors (Lipinski definition) is 1. The van der Waals surface area contributed by atoms with Gasteiger partial charge in [-0.05, 0) is 63.4 Å². The van der Waals surface area contributed by atoms with Crippen molar-refractivity contribution in [2.45, 2.75) is 71.9 Å². The number of aliphatic hydroxyl groups excluding tert-OH is 1. The molecule has 3 heterocycles. The van der Waals surface area contributed by atoms with E-state index in [1.54, 1.807) is 24.3 Å². The summed E-state index contributed by atoms with van der Waals surface area (Å²) in [6.07, 6.45) is 4.59. The van der Waals surface area contributed by atoms with Crippen LogP contribution in [0, 0.1) is 5.92 Å². The molecule has 0 saturated carbocycles. The zero-order valence-electron chi connectivity index (χ0n) is 20.8. The summed E-state index contributed by atoms with van der Waals surface area (Å²) in [5.74, 6) is 0.489. The van der Waals surface area contributed by atoms with Crippen LogP contribution in [0.2, 0.25) is 0 Å². The molecule has 0 aromatic carbocycles. The van der Waals surface area contributed by atoms with E-state index in [2.05, 4.69) is 25.4 Å². The van der Waals surface area contributed by atoms with Gasteiger partial charge in [0, 0.05) is 18.8 Å². The highest BCUT2D eigenvalue weighted by Crippen LogP contribution is 2.41. The van der Waals surface area contributed by atoms with Crippen LogP contribution in [0.3, 0.4) is 0 Å². The summed E-state index contributed by atoms with van der Waals surface area (Å²) < 4.78 is 24.1. The lowest BCUT2D eigenvalue weighted by atomic mass is 9.70. The lowest BCUT2D eigenvalue weighted by Crippen LogP contribution is -2.41. The third-order valence-corrected chi connectivity index (χ3v) is 6.45. The average molecular weight is 467 g/mol. The minimum atomic E-state index is -0.724. The molecule has 1 N–H and O–H groups in total. The Hall–Kier alpha value is -2.68. The first-order chi connectivity index (χ1) is 15.9. The number of hydrogen-bond acceptors (Lipinski definition) is 7. The molecule has 0 spiro atoms. The van der Waals surface area contributed by atoms with Crippen molar-refractivity contribution in [2.24, 2.45) is 5.92 Å². The van der Waals surface area contributed by atoms with Gasteiger partial charge in [-0.1, -0.05) is 32.1 Å². The van der Waals surface area contributed by atoms with Gasteiger partial charge in [0.2, 0.25) is 0 Å². The minimum absolute atomic E-state index is 0.160. The van der Waals surface area contributed by atoms with Gasteiger partial charge in [0.05, 0.1) is 16.8 Å². The summed E-state index contributed by atoms with van der Waals surface area (Å²) in [4.78, 5) is 16.7. The Morgan fingerprint density at radius 3 is 2.29 bits per heavy atom. The molecule has 2 aromatic rings. The van der Waals surface area contributed by atoms with E-state index in [1.807, 2.05) is 33.8 Å². The number of carbonyl (C=O) groups excluding carboxylic acids is 1. The Morgan fingerprint density at radius 1 is 1.15 bits per heavy atom. The Kier molecular flexibility index (Phi) is 7.86. The second-order valence-electron chi connectivity index (χ2n) is 9.76. The summed E-state index contributed by atoms with van der Waals surface area (Å²) in [7, 11) is -0.596. The predicted octanol–water partition coefficient (Wildman–Crippen LogP) is 5.23. The zero-order valence-corrected chi connectivity index (χ0v) is 20.8. The first kappa shape index (κ1) is 25.9. The van der Waals surface area contributed by atoms with Gasteiger partial charge < -0.3 is 23.6 Å². The molecule has 0 bridgehead atoms. The first-order valence-corrected chi connectivity index (χ1v) is 11.5. The molecule has 1 atom stereocenters. The van der Waals surface area contributed by atoms with Gasteiger partial charge in [0.1, 0.15) is 18.1 Å². The van der Waals surface area contributed by atoms with Gasteiger partial charge in [0.15, 0.2) is 6.10 Å². The minimum Gasteiger partial charge on any atom is -0.460 e. The van der Waals surface area contributed by atoms with E-state index in [-0.39, 0.29) is 12.5 Å². The van der Waals surface area contributed by atoms with Crippen LogP contribution < -0.4 is 0 Å². The molecule has 0 amide bonds. The maximum Gasteiger partial charge on any atom is 0.494 e. The number of allylic oxidation sites excluding steroid dienone is 2. The fourth-order valence-electron chi connectivity index (χ4n) is 3.48. The molecule has 0 unspecified atom stereocenters. The fourth-order valence-corrected chi connectivity index (χ4v) is 3.48. The van der Waals surface area contributed by atoms with Crippen LogP contribution in [0.25, 0.3) is 0 Å². The maximum atomic E-state index is 12.8. The van der Waals surface area contributed by atoms with E-state index in [0.717, 1.165) is 11.0 Å². The SMILES string of the molecule is C=C(/C(=C/C[C@H](OC(=O)c1ccncc1)c1ccc(CO)o1)B1OC(C)(C)C(C)(C)O1)C(C)C. The van der Waals surface area contributed by atoms with Crippen LogP contribution in [0.5, 0.6) is 0 Å². The summed E-state index contributed by atoms with van der Waals surface area (Å²) in [6.45, 7) is 16.1. The molecule has 1 saturated heterocycles. The van der Waals surface area contributed by atoms with E-state index < -0.39 is 30.4 Å². The normalized spacial score (nSPS) is 18.2. The van der Waals surface area contributed by atoms with Gasteiger partial charge >= 0.3 is 13.1 Å². The van der Waals surface area contributed by atoms with Crippen LogP contribution in [0.1, 0.15) is 75.9 Å². The number of aromatic nitrogens is 1. The van der Waals surface area contributed by atoms with Gasteiger partial charge in [-0.3, -0.25) is 4.98 Å². The van der Waals surface area contributed by atoms with Crippen LogP contribution >= 0.6 is 0 Å². The monoisotopic (exact) mass is 467 g/mol. The smallest absolute Gasteiger partial charge is 0.460 e. The Balaban J connectivity index is 1.92. The van der Waals surface area contributed by atoms with E-state index in [1.165, 1.54) is 12.4 Å². The number of ether oxygens (including phenoxy) is 1. The number of carbonyl (C=O) groups is 1. The molecular weight excluding hydrogens is 433 g/mol. The molecule has 2 aromatic heterocycles. The molecule has 182 valence electrons. The van der Waals surface area contributed by atoms with Crippen molar-refractivity contribution < 1.29 is 28.4 Å². The van der Waals surface area contributed by atoms with Crippen molar-refractivity contribution in [3.63, 3.8) is 0 Å². The number of nitrogens with zero attached hydrogens (tertiary/aromatic N) is 1. The summed E-state index contributed by atoms with van der Waals surface area (Å²) >= 11 is 0. The molecule has 1 aliphatic rings. The third-order valence-electron chi connectivity index (χ3n) is 6.45. The fraction of sp³-hybridized carbons (Fsp3) is 0.462. The highest BCUT2D eigenvalue weighted by molar-refractivity contribution is 6.56. The van der Waals surface area contributed by atoms with Gasteiger partial charge in [-0.15, -0.1) is 0 Å². The van der Waals surface area contributed by atoms with Crippen molar-refractivity contribution >= 4 is 13.1 Å². The number of aliphatic hydroxyl groups is 1. The first-order valence-electron chi connectivity index (χ1n) is 11.5. The van der Waals surface area contributed by atoms with Gasteiger partial charge in [-0.2, -0.15) is 0 Å². The van der Waals surface area contributed by atoms with E-state index in [4.69, 9.17) is 18.5 Å². The molecule has 1 aliphatic heterocycles. The average Bonchev–Trinajstić information content (AvgIpc) is 3.34. The summed E-state index contributed by atoms with van der Waals surface area (Å²) in [5, 5.41) is 9.42. The maximum absolute atomic E-state index is 12.8. The topological polar surface area (TPSA) is 91.0 Å². The standard InChI is InChI=1S/C26H34BNO6/c1-17(2)18(3)21(27-33-25(4,5)26(6,7)34-27)9-11-23(22-10-8-20(16-29)31-22)32-24(30)19-12-14-28-15-13-19/h8-10,12-15,17,23,29H,3,11,16H2,1-2,4-7H3/b21-9-/t23-/m0/s1. The van der Waals surface area contributed by atoms with Crippen molar-refractivity contribution in [2.75, 3.05) is 0 Å². The largest absolute Gasteiger partial charge is 0.494 e. The summed E-state index contributed by atoms with van der Waals surface area (Å²) in [6, 6.07) is 6.55. The number of rotatable bonds is 9. The van der Waals surface area contributed by atoms with Gasteiger partial charge in [0.25, 0.3) is 0 Å². The van der Waals surface area contributed by atoms with Crippen molar-refractivity contribution in [1.29, 1.82) is 0 Å². The van der Waals surface area contributed by atoms with Crippen LogP contribution in [-0.2, 0) is 20.7 Å². The van der Waals surface area contributed by atoms with Crippen LogP contribution in [0.15, 0.2) is 64.8 Å². The zero-order chi connectivity index (χ0) is 25.1. The molecule has 8 heteroatoms. The van der Waals surface area contributed by atoms with E-state index >= 15 is 0 Å². The molecule has 34 heavy (non-hydrogen) atoms. The summed E-state index contributed by atoms with van der Waals surface area (Å²) in [5.41, 5.74) is 1.08. The van der Waals surface area contributed by atoms with Crippen LogP contribution in [-0.4, -0.2) is 34.4 Å². The van der Waals surface area contributed by atoms with Crippen molar-refractivity contribution in [3.8, 4) is 0 Å². The van der Waals surface area contributed by atoms with Crippen LogP contribution in [0.4, 0.5) is 0 Å². The van der Waals surface area contributed by atoms with Crippen molar-refractivity contribution in [1.82, 2.24) is 4.98 Å². The number of esters is 1. The molecule has 0 radical (unpaired) electrons. The second-order valence-corrected chi connectivity index (χ2v) is 9.76. The Labute approximate surface area is 202 Å². The molecule has 1 fully saturated rings. The third kappa shape index (κ3) is 5.69. The second kappa shape index (κ2) is 10.3. The quantitative estimate of drug-likeness (QED) is 0.307. The van der Waals surface area contributed by atoms with E-state index in [0.29, 0.717) is 23.5 Å². The number of furan rings is 1. The molecule has 0 aliphatic carbocycles. The Morgan fingerprint density at radius 2 is 1.76 bits per heavy atom. The number of pyridine rings is 1. The highest BCUT2D eigenvalue weighted by Gasteiger charge is 2.52. The molecule has 7 nitrogen and oxygen atoms in total.